The first-order valence-corrected chi connectivity index (χ1v) is 6.30. The molecule has 1 fully saturated rings. The van der Waals surface area contributed by atoms with E-state index in [1.807, 2.05) is 10.8 Å². The fourth-order valence-electron chi connectivity index (χ4n) is 2.61. The summed E-state index contributed by atoms with van der Waals surface area (Å²) in [7, 11) is 1.70. The molecule has 94 valence electrons. The number of ether oxygens (including phenoxy) is 1. The van der Waals surface area contributed by atoms with Gasteiger partial charge < -0.3 is 14.4 Å². The fraction of sp³-hybridized carbons (Fsp3) is 0.583. The Morgan fingerprint density at radius 1 is 1.65 bits per heavy atom. The Hall–Kier alpha value is -0.810. The molecule has 2 unspecified atom stereocenters. The predicted octanol–water partition coefficient (Wildman–Crippen LogP) is 2.93. The summed E-state index contributed by atoms with van der Waals surface area (Å²) in [6, 6.07) is 1.81. The molecule has 4 nitrogen and oxygen atoms in total. The largest absolute Gasteiger partial charge is 0.477 e. The molecule has 1 aliphatic rings. The van der Waals surface area contributed by atoms with Gasteiger partial charge >= 0.3 is 5.97 Å². The van der Waals surface area contributed by atoms with E-state index >= 15 is 0 Å². The van der Waals surface area contributed by atoms with Gasteiger partial charge in [-0.25, -0.2) is 4.79 Å². The molecule has 1 N–H and O–H groups in total. The zero-order chi connectivity index (χ0) is 12.8. The molecule has 17 heavy (non-hydrogen) atoms. The number of methoxy groups -OCH3 is 1. The van der Waals surface area contributed by atoms with Crippen LogP contribution in [0.15, 0.2) is 16.7 Å². The van der Waals surface area contributed by atoms with E-state index in [2.05, 4.69) is 29.8 Å². The molecular weight excluding hydrogens is 286 g/mol. The Kier molecular flexibility index (Phi) is 3.08. The number of carbonyl (C=O) groups is 1. The van der Waals surface area contributed by atoms with Gasteiger partial charge in [-0.05, 0) is 28.4 Å². The van der Waals surface area contributed by atoms with Gasteiger partial charge in [-0.15, -0.1) is 0 Å². The summed E-state index contributed by atoms with van der Waals surface area (Å²) in [5.74, 6) is -0.896. The molecule has 0 radical (unpaired) electrons. The van der Waals surface area contributed by atoms with Gasteiger partial charge in [0.15, 0.2) is 0 Å². The lowest BCUT2D eigenvalue weighted by Gasteiger charge is -2.51. The number of carboxylic acid groups (broad SMARTS) is 1. The molecular formula is C12H16BrNO3. The zero-order valence-corrected chi connectivity index (χ0v) is 11.7. The quantitative estimate of drug-likeness (QED) is 0.934. The third-order valence-electron chi connectivity index (χ3n) is 3.78. The number of nitrogens with zero attached hydrogens (tertiary/aromatic N) is 1. The summed E-state index contributed by atoms with van der Waals surface area (Å²) < 4.78 is 8.02. The van der Waals surface area contributed by atoms with E-state index in [-0.39, 0.29) is 17.6 Å². The molecule has 2 atom stereocenters. The van der Waals surface area contributed by atoms with Crippen molar-refractivity contribution in [1.82, 2.24) is 4.57 Å². The van der Waals surface area contributed by atoms with Crippen molar-refractivity contribution in [3.05, 3.63) is 22.4 Å². The van der Waals surface area contributed by atoms with E-state index < -0.39 is 5.97 Å². The Morgan fingerprint density at radius 2 is 2.29 bits per heavy atom. The Bertz CT molecular complexity index is 453. The van der Waals surface area contributed by atoms with Crippen LogP contribution in [0.2, 0.25) is 0 Å². The summed E-state index contributed by atoms with van der Waals surface area (Å²) in [5, 5.41) is 9.17. The van der Waals surface area contributed by atoms with E-state index in [1.165, 1.54) is 0 Å². The minimum absolute atomic E-state index is 0.0442. The standard InChI is InChI=1S/C12H16BrNO3/c1-12(2)9(5-10(12)17-3)14-6-7(13)4-8(14)11(15)16/h4,6,9-10H,5H2,1-3H3,(H,15,16). The number of aromatic carboxylic acids is 1. The average molecular weight is 302 g/mol. The lowest BCUT2D eigenvalue weighted by molar-refractivity contribution is -0.113. The van der Waals surface area contributed by atoms with Gasteiger partial charge in [-0.2, -0.15) is 0 Å². The molecule has 0 amide bonds. The van der Waals surface area contributed by atoms with Crippen molar-refractivity contribution in [3.63, 3.8) is 0 Å². The Balaban J connectivity index is 2.34. The van der Waals surface area contributed by atoms with Crippen molar-refractivity contribution in [2.24, 2.45) is 5.41 Å². The minimum Gasteiger partial charge on any atom is -0.477 e. The van der Waals surface area contributed by atoms with Crippen LogP contribution < -0.4 is 0 Å². The smallest absolute Gasteiger partial charge is 0.352 e. The van der Waals surface area contributed by atoms with E-state index in [1.54, 1.807) is 13.2 Å². The number of hydrogen-bond acceptors (Lipinski definition) is 2. The molecule has 1 aromatic rings. The van der Waals surface area contributed by atoms with Gasteiger partial charge in [0.05, 0.1) is 6.10 Å². The second-order valence-corrected chi connectivity index (χ2v) is 5.97. The third-order valence-corrected chi connectivity index (χ3v) is 4.21. The van der Waals surface area contributed by atoms with E-state index in [4.69, 9.17) is 9.84 Å². The number of carboxylic acids is 1. The van der Waals surface area contributed by atoms with E-state index in [9.17, 15) is 4.79 Å². The zero-order valence-electron chi connectivity index (χ0n) is 10.1. The second-order valence-electron chi connectivity index (χ2n) is 5.05. The highest BCUT2D eigenvalue weighted by molar-refractivity contribution is 9.10. The van der Waals surface area contributed by atoms with E-state index in [0.717, 1.165) is 10.9 Å². The van der Waals surface area contributed by atoms with Crippen LogP contribution in [0.4, 0.5) is 0 Å². The number of hydrogen-bond donors (Lipinski definition) is 1. The van der Waals surface area contributed by atoms with Crippen LogP contribution in [0.3, 0.4) is 0 Å². The first kappa shape index (κ1) is 12.6. The molecule has 5 heteroatoms. The Labute approximate surface area is 109 Å². The van der Waals surface area contributed by atoms with Gasteiger partial charge in [-0.3, -0.25) is 0 Å². The van der Waals surface area contributed by atoms with Crippen LogP contribution in [-0.2, 0) is 4.74 Å². The van der Waals surface area contributed by atoms with Crippen LogP contribution in [-0.4, -0.2) is 28.9 Å². The first-order chi connectivity index (χ1) is 7.87. The predicted molar refractivity (Wildman–Crippen MR) is 67.3 cm³/mol. The van der Waals surface area contributed by atoms with Gasteiger partial charge in [-0.1, -0.05) is 13.8 Å². The molecule has 1 aromatic heterocycles. The topological polar surface area (TPSA) is 51.5 Å². The molecule has 0 aliphatic heterocycles. The summed E-state index contributed by atoms with van der Waals surface area (Å²) in [6.07, 6.45) is 2.88. The second kappa shape index (κ2) is 4.14. The molecule has 2 rings (SSSR count). The van der Waals surface area contributed by atoms with Crippen LogP contribution in [0.1, 0.15) is 36.8 Å². The van der Waals surface area contributed by atoms with Crippen molar-refractivity contribution in [3.8, 4) is 0 Å². The molecule has 0 aromatic carbocycles. The summed E-state index contributed by atoms with van der Waals surface area (Å²) in [5.41, 5.74) is 0.279. The maximum atomic E-state index is 11.2. The summed E-state index contributed by atoms with van der Waals surface area (Å²) >= 11 is 3.33. The molecule has 0 bridgehead atoms. The van der Waals surface area contributed by atoms with Crippen molar-refractivity contribution >= 4 is 21.9 Å². The minimum atomic E-state index is -0.896. The van der Waals surface area contributed by atoms with Crippen molar-refractivity contribution in [1.29, 1.82) is 0 Å². The highest BCUT2D eigenvalue weighted by Crippen LogP contribution is 2.51. The molecule has 0 saturated heterocycles. The first-order valence-electron chi connectivity index (χ1n) is 5.51. The van der Waals surface area contributed by atoms with Crippen molar-refractivity contribution < 1.29 is 14.6 Å². The van der Waals surface area contributed by atoms with Gasteiger partial charge in [0, 0.05) is 29.2 Å². The van der Waals surface area contributed by atoms with E-state index in [0.29, 0.717) is 5.69 Å². The molecule has 0 spiro atoms. The average Bonchev–Trinajstić information content (AvgIpc) is 2.59. The van der Waals surface area contributed by atoms with Crippen LogP contribution in [0.25, 0.3) is 0 Å². The SMILES string of the molecule is COC1CC(n2cc(Br)cc2C(=O)O)C1(C)C. The van der Waals surface area contributed by atoms with Crippen LogP contribution in [0.5, 0.6) is 0 Å². The monoisotopic (exact) mass is 301 g/mol. The van der Waals surface area contributed by atoms with Crippen LogP contribution >= 0.6 is 15.9 Å². The Morgan fingerprint density at radius 3 is 2.76 bits per heavy atom. The lowest BCUT2D eigenvalue weighted by atomic mass is 9.64. The maximum Gasteiger partial charge on any atom is 0.352 e. The van der Waals surface area contributed by atoms with Crippen molar-refractivity contribution in [2.75, 3.05) is 7.11 Å². The van der Waals surface area contributed by atoms with Gasteiger partial charge in [0.2, 0.25) is 0 Å². The highest BCUT2D eigenvalue weighted by atomic mass is 79.9. The highest BCUT2D eigenvalue weighted by Gasteiger charge is 2.50. The van der Waals surface area contributed by atoms with Gasteiger partial charge in [0.25, 0.3) is 0 Å². The number of aromatic nitrogens is 1. The van der Waals surface area contributed by atoms with Gasteiger partial charge in [0.1, 0.15) is 5.69 Å². The third kappa shape index (κ3) is 1.91. The molecule has 1 heterocycles. The normalized spacial score (nSPS) is 26.6. The van der Waals surface area contributed by atoms with Crippen LogP contribution in [0, 0.1) is 5.41 Å². The number of halogens is 1. The summed E-state index contributed by atoms with van der Waals surface area (Å²) in [4.78, 5) is 11.2. The fourth-order valence-corrected chi connectivity index (χ4v) is 3.05. The molecule has 1 saturated carbocycles. The lowest BCUT2D eigenvalue weighted by Crippen LogP contribution is -2.51. The maximum absolute atomic E-state index is 11.2. The summed E-state index contributed by atoms with van der Waals surface area (Å²) in [6.45, 7) is 4.21. The molecule has 1 aliphatic carbocycles. The van der Waals surface area contributed by atoms with Crippen molar-refractivity contribution in [2.45, 2.75) is 32.4 Å². The number of rotatable bonds is 3.